The van der Waals surface area contributed by atoms with E-state index in [9.17, 15) is 0 Å². The highest BCUT2D eigenvalue weighted by Crippen LogP contribution is 2.08. The molecule has 2 atom stereocenters. The van der Waals surface area contributed by atoms with Crippen LogP contribution in [0.25, 0.3) is 0 Å². The zero-order valence-electron chi connectivity index (χ0n) is 29.1. The lowest BCUT2D eigenvalue weighted by molar-refractivity contribution is -0.0213. The summed E-state index contributed by atoms with van der Waals surface area (Å²) in [6.45, 7) is 14.6. The molecule has 46 heavy (non-hydrogen) atoms. The van der Waals surface area contributed by atoms with E-state index in [4.69, 9.17) is 52.8 Å². The van der Waals surface area contributed by atoms with Crippen molar-refractivity contribution < 1.29 is 52.8 Å². The van der Waals surface area contributed by atoms with E-state index in [-0.39, 0.29) is 12.7 Å². The van der Waals surface area contributed by atoms with E-state index in [0.717, 1.165) is 18.8 Å². The molecule has 0 amide bonds. The Kier molecular flexibility index (Phi) is 36.9. The number of unbranched alkanes of at least 4 members (excludes halogenated alkanes) is 6. The first-order chi connectivity index (χ1) is 22.6. The van der Waals surface area contributed by atoms with Gasteiger partial charge in [0.25, 0.3) is 0 Å². The van der Waals surface area contributed by atoms with Crippen molar-refractivity contribution in [1.82, 2.24) is 0 Å². The van der Waals surface area contributed by atoms with Crippen molar-refractivity contribution in [3.63, 3.8) is 0 Å². The standard InChI is InChI=1S/C29H52O8.C6H14O3/c1-2-3-4-5-6-7-11-14-30-15-16-31-17-18-32-19-20-33-21-22-34-23-24-35-25-26-36-27-28-37-29-12-9-8-10-13-29;1-5(8)4-9-6(2)3-7/h8-10,12-13H,2-7,11,14-28H2,1H3;5-8H,3-4H2,1-2H3. The zero-order valence-corrected chi connectivity index (χ0v) is 29.1. The van der Waals surface area contributed by atoms with Crippen molar-refractivity contribution in [3.8, 4) is 5.75 Å². The lowest BCUT2D eigenvalue weighted by atomic mass is 10.1. The number of hydrogen-bond acceptors (Lipinski definition) is 11. The first-order valence-corrected chi connectivity index (χ1v) is 17.2. The Balaban J connectivity index is 0.00000195. The third kappa shape index (κ3) is 37.1. The lowest BCUT2D eigenvalue weighted by Gasteiger charge is -2.10. The van der Waals surface area contributed by atoms with Crippen LogP contribution in [-0.4, -0.2) is 135 Å². The summed E-state index contributed by atoms with van der Waals surface area (Å²) in [6.07, 6.45) is 8.53. The van der Waals surface area contributed by atoms with Gasteiger partial charge in [0.15, 0.2) is 0 Å². The van der Waals surface area contributed by atoms with Crippen LogP contribution in [0.2, 0.25) is 0 Å². The molecule has 0 radical (unpaired) electrons. The Morgan fingerprint density at radius 3 is 1.33 bits per heavy atom. The first kappa shape index (κ1) is 44.6. The lowest BCUT2D eigenvalue weighted by Crippen LogP contribution is -2.19. The predicted molar refractivity (Wildman–Crippen MR) is 180 cm³/mol. The zero-order chi connectivity index (χ0) is 33.6. The van der Waals surface area contributed by atoms with Gasteiger partial charge >= 0.3 is 0 Å². The van der Waals surface area contributed by atoms with Crippen LogP contribution in [0.15, 0.2) is 30.3 Å². The summed E-state index contributed by atoms with van der Waals surface area (Å²) in [5.41, 5.74) is 0. The molecule has 0 heterocycles. The monoisotopic (exact) mass is 662 g/mol. The van der Waals surface area contributed by atoms with E-state index < -0.39 is 6.10 Å². The molecule has 0 saturated carbocycles. The van der Waals surface area contributed by atoms with Crippen molar-refractivity contribution in [3.05, 3.63) is 30.3 Å². The van der Waals surface area contributed by atoms with E-state index in [1.807, 2.05) is 30.3 Å². The maximum absolute atomic E-state index is 8.69. The molecule has 0 aliphatic heterocycles. The maximum Gasteiger partial charge on any atom is 0.119 e. The highest BCUT2D eigenvalue weighted by atomic mass is 16.6. The number of rotatable bonds is 34. The molecule has 2 N–H and O–H groups in total. The Morgan fingerprint density at radius 2 is 0.913 bits per heavy atom. The van der Waals surface area contributed by atoms with Crippen molar-refractivity contribution in [1.29, 1.82) is 0 Å². The minimum atomic E-state index is -0.445. The molecule has 0 bridgehead atoms. The largest absolute Gasteiger partial charge is 0.491 e. The molecule has 1 rings (SSSR count). The number of benzene rings is 1. The van der Waals surface area contributed by atoms with Gasteiger partial charge in [-0.1, -0.05) is 63.6 Å². The first-order valence-electron chi connectivity index (χ1n) is 17.2. The second-order valence-electron chi connectivity index (χ2n) is 10.7. The van der Waals surface area contributed by atoms with Gasteiger partial charge in [-0.25, -0.2) is 0 Å². The number of para-hydroxylation sites is 1. The van der Waals surface area contributed by atoms with Crippen molar-refractivity contribution in [2.75, 3.05) is 112 Å². The van der Waals surface area contributed by atoms with Gasteiger partial charge in [0.05, 0.1) is 111 Å². The molecule has 0 aromatic heterocycles. The molecule has 11 heteroatoms. The summed E-state index contributed by atoms with van der Waals surface area (Å²) in [5, 5.41) is 17.1. The fourth-order valence-electron chi connectivity index (χ4n) is 3.67. The van der Waals surface area contributed by atoms with Crippen LogP contribution in [0.3, 0.4) is 0 Å². The van der Waals surface area contributed by atoms with Gasteiger partial charge in [-0.05, 0) is 32.4 Å². The summed E-state index contributed by atoms with van der Waals surface area (Å²) < 4.78 is 49.0. The number of aliphatic hydroxyl groups is 2. The molecular weight excluding hydrogens is 596 g/mol. The van der Waals surface area contributed by atoms with E-state index in [1.54, 1.807) is 13.8 Å². The predicted octanol–water partition coefficient (Wildman–Crippen LogP) is 4.70. The van der Waals surface area contributed by atoms with Crippen LogP contribution in [-0.2, 0) is 37.9 Å². The number of aliphatic hydroxyl groups excluding tert-OH is 2. The minimum Gasteiger partial charge on any atom is -0.491 e. The van der Waals surface area contributed by atoms with Crippen molar-refractivity contribution >= 4 is 0 Å². The molecular formula is C35H66O11. The SMILES string of the molecule is CC(O)COC(C)CO.CCCCCCCCCOCCOCCOCCOCCOCCOCCOCCOc1ccccc1. The molecule has 272 valence electrons. The molecule has 0 aliphatic carbocycles. The third-order valence-electron chi connectivity index (χ3n) is 6.24. The number of hydrogen-bond donors (Lipinski definition) is 2. The molecule has 11 nitrogen and oxygen atoms in total. The minimum absolute atomic E-state index is 0.00667. The second kappa shape index (κ2) is 38.1. The van der Waals surface area contributed by atoms with Crippen LogP contribution in [0.1, 0.15) is 65.7 Å². The van der Waals surface area contributed by atoms with Crippen LogP contribution in [0.4, 0.5) is 0 Å². The number of ether oxygens (including phenoxy) is 9. The molecule has 0 aliphatic rings. The molecule has 0 saturated heterocycles. The van der Waals surface area contributed by atoms with Gasteiger partial charge < -0.3 is 52.8 Å². The van der Waals surface area contributed by atoms with E-state index in [1.165, 1.54) is 38.5 Å². The average Bonchev–Trinajstić information content (AvgIpc) is 3.07. The molecule has 2 unspecified atom stereocenters. The fraction of sp³-hybridized carbons (Fsp3) is 0.829. The summed E-state index contributed by atoms with van der Waals surface area (Å²) in [4.78, 5) is 0. The molecule has 1 aromatic carbocycles. The fourth-order valence-corrected chi connectivity index (χ4v) is 3.67. The van der Waals surface area contributed by atoms with Gasteiger partial charge in [-0.3, -0.25) is 0 Å². The van der Waals surface area contributed by atoms with Gasteiger partial charge in [0, 0.05) is 6.61 Å². The Hall–Kier alpha value is -1.38. The topological polar surface area (TPSA) is 124 Å². The highest BCUT2D eigenvalue weighted by molar-refractivity contribution is 5.20. The summed E-state index contributed by atoms with van der Waals surface area (Å²) in [5.74, 6) is 0.853. The Morgan fingerprint density at radius 1 is 0.522 bits per heavy atom. The van der Waals surface area contributed by atoms with E-state index in [2.05, 4.69) is 6.92 Å². The van der Waals surface area contributed by atoms with E-state index >= 15 is 0 Å². The Labute approximate surface area is 279 Å². The van der Waals surface area contributed by atoms with Gasteiger partial charge in [0.2, 0.25) is 0 Å². The highest BCUT2D eigenvalue weighted by Gasteiger charge is 2.01. The second-order valence-corrected chi connectivity index (χ2v) is 10.7. The van der Waals surface area contributed by atoms with E-state index in [0.29, 0.717) is 99.1 Å². The summed E-state index contributed by atoms with van der Waals surface area (Å²) in [6, 6.07) is 9.70. The normalized spacial score (nSPS) is 12.5. The van der Waals surface area contributed by atoms with Crippen LogP contribution in [0.5, 0.6) is 5.75 Å². The smallest absolute Gasteiger partial charge is 0.119 e. The van der Waals surface area contributed by atoms with Gasteiger partial charge in [-0.2, -0.15) is 0 Å². The summed E-state index contributed by atoms with van der Waals surface area (Å²) >= 11 is 0. The maximum atomic E-state index is 8.69. The van der Waals surface area contributed by atoms with Gasteiger partial charge in [-0.15, -0.1) is 0 Å². The third-order valence-corrected chi connectivity index (χ3v) is 6.24. The Bertz CT molecular complexity index is 682. The van der Waals surface area contributed by atoms with Crippen molar-refractivity contribution in [2.24, 2.45) is 0 Å². The van der Waals surface area contributed by atoms with Gasteiger partial charge in [0.1, 0.15) is 12.4 Å². The average molecular weight is 663 g/mol. The van der Waals surface area contributed by atoms with Crippen LogP contribution < -0.4 is 4.74 Å². The molecule has 0 fully saturated rings. The molecule has 1 aromatic rings. The van der Waals surface area contributed by atoms with Crippen LogP contribution >= 0.6 is 0 Å². The van der Waals surface area contributed by atoms with Crippen molar-refractivity contribution in [2.45, 2.75) is 77.9 Å². The molecule has 0 spiro atoms. The summed E-state index contributed by atoms with van der Waals surface area (Å²) in [7, 11) is 0. The quantitative estimate of drug-likeness (QED) is 0.0999. The van der Waals surface area contributed by atoms with Crippen LogP contribution in [0, 0.1) is 0 Å².